The van der Waals surface area contributed by atoms with Crippen molar-refractivity contribution in [1.82, 2.24) is 10.2 Å². The van der Waals surface area contributed by atoms with Crippen molar-refractivity contribution in [3.05, 3.63) is 34.9 Å². The first-order valence-electron chi connectivity index (χ1n) is 8.88. The lowest BCUT2D eigenvalue weighted by molar-refractivity contribution is -0.142. The Morgan fingerprint density at radius 3 is 2.56 bits per heavy atom. The Bertz CT molecular complexity index is 647. The SMILES string of the molecule is O=C[C@@H]1CCCN1C(=O)C1CCC[C@H]1C(=O)NCc1ccc(Cl)cc1. The molecule has 0 radical (unpaired) electrons. The van der Waals surface area contributed by atoms with Crippen LogP contribution < -0.4 is 5.32 Å². The second-order valence-corrected chi connectivity index (χ2v) is 7.30. The van der Waals surface area contributed by atoms with E-state index in [1.165, 1.54) is 0 Å². The second-order valence-electron chi connectivity index (χ2n) is 6.87. The van der Waals surface area contributed by atoms with Crippen LogP contribution in [0.25, 0.3) is 0 Å². The topological polar surface area (TPSA) is 66.5 Å². The Labute approximate surface area is 152 Å². The van der Waals surface area contributed by atoms with E-state index in [0.29, 0.717) is 18.1 Å². The van der Waals surface area contributed by atoms with Gasteiger partial charge in [-0.3, -0.25) is 9.59 Å². The molecule has 1 saturated heterocycles. The minimum Gasteiger partial charge on any atom is -0.352 e. The zero-order chi connectivity index (χ0) is 17.8. The quantitative estimate of drug-likeness (QED) is 0.818. The van der Waals surface area contributed by atoms with E-state index < -0.39 is 0 Å². The van der Waals surface area contributed by atoms with Crippen molar-refractivity contribution in [1.29, 1.82) is 0 Å². The number of benzene rings is 1. The lowest BCUT2D eigenvalue weighted by Crippen LogP contribution is -2.44. The number of aldehydes is 1. The molecule has 1 saturated carbocycles. The number of nitrogens with zero attached hydrogens (tertiary/aromatic N) is 1. The normalized spacial score (nSPS) is 25.8. The van der Waals surface area contributed by atoms with E-state index in [-0.39, 0.29) is 29.7 Å². The molecule has 1 aromatic carbocycles. The van der Waals surface area contributed by atoms with Gasteiger partial charge in [-0.2, -0.15) is 0 Å². The largest absolute Gasteiger partial charge is 0.352 e. The average Bonchev–Trinajstić information content (AvgIpc) is 3.29. The van der Waals surface area contributed by atoms with Crippen molar-refractivity contribution < 1.29 is 14.4 Å². The molecular formula is C19H23ClN2O3. The molecular weight excluding hydrogens is 340 g/mol. The maximum absolute atomic E-state index is 12.8. The molecule has 0 bridgehead atoms. The molecule has 1 unspecified atom stereocenters. The van der Waals surface area contributed by atoms with Gasteiger partial charge in [0.1, 0.15) is 6.29 Å². The third-order valence-electron chi connectivity index (χ3n) is 5.29. The molecule has 25 heavy (non-hydrogen) atoms. The van der Waals surface area contributed by atoms with E-state index in [9.17, 15) is 14.4 Å². The van der Waals surface area contributed by atoms with E-state index in [4.69, 9.17) is 11.6 Å². The molecule has 1 heterocycles. The predicted molar refractivity (Wildman–Crippen MR) is 94.9 cm³/mol. The molecule has 134 valence electrons. The second kappa shape index (κ2) is 8.00. The number of likely N-dealkylation sites (tertiary alicyclic amines) is 1. The van der Waals surface area contributed by atoms with Gasteiger partial charge in [0, 0.05) is 29.9 Å². The monoisotopic (exact) mass is 362 g/mol. The van der Waals surface area contributed by atoms with Gasteiger partial charge in [-0.1, -0.05) is 30.2 Å². The zero-order valence-corrected chi connectivity index (χ0v) is 14.9. The van der Waals surface area contributed by atoms with Crippen LogP contribution in [0.1, 0.15) is 37.7 Å². The maximum Gasteiger partial charge on any atom is 0.227 e. The summed E-state index contributed by atoms with van der Waals surface area (Å²) in [6.07, 6.45) is 4.76. The van der Waals surface area contributed by atoms with Crippen molar-refractivity contribution in [3.63, 3.8) is 0 Å². The number of hydrogen-bond donors (Lipinski definition) is 1. The molecule has 1 aliphatic carbocycles. The number of amides is 2. The van der Waals surface area contributed by atoms with Crippen LogP contribution in [0.5, 0.6) is 0 Å². The highest BCUT2D eigenvalue weighted by Crippen LogP contribution is 2.35. The minimum atomic E-state index is -0.314. The van der Waals surface area contributed by atoms with E-state index >= 15 is 0 Å². The summed E-state index contributed by atoms with van der Waals surface area (Å²) in [5.41, 5.74) is 0.971. The molecule has 3 atom stereocenters. The lowest BCUT2D eigenvalue weighted by atomic mass is 9.93. The van der Waals surface area contributed by atoms with Gasteiger partial charge in [0.25, 0.3) is 0 Å². The number of carbonyl (C=O) groups excluding carboxylic acids is 3. The van der Waals surface area contributed by atoms with Gasteiger partial charge in [0.2, 0.25) is 11.8 Å². The summed E-state index contributed by atoms with van der Waals surface area (Å²) in [6, 6.07) is 7.01. The average molecular weight is 363 g/mol. The Kier molecular flexibility index (Phi) is 5.74. The first-order valence-corrected chi connectivity index (χ1v) is 9.26. The molecule has 0 aromatic heterocycles. The van der Waals surface area contributed by atoms with Gasteiger partial charge in [-0.15, -0.1) is 0 Å². The highest BCUT2D eigenvalue weighted by Gasteiger charge is 2.42. The molecule has 1 N–H and O–H groups in total. The number of halogens is 1. The summed E-state index contributed by atoms with van der Waals surface area (Å²) in [4.78, 5) is 38.2. The highest BCUT2D eigenvalue weighted by atomic mass is 35.5. The third kappa shape index (κ3) is 4.03. The van der Waals surface area contributed by atoms with Crippen LogP contribution in [0.3, 0.4) is 0 Å². The molecule has 1 aliphatic heterocycles. The van der Waals surface area contributed by atoms with Gasteiger partial charge in [0.15, 0.2) is 0 Å². The fraction of sp³-hybridized carbons (Fsp3) is 0.526. The molecule has 1 aromatic rings. The summed E-state index contributed by atoms with van der Waals surface area (Å²) in [5.74, 6) is -0.704. The van der Waals surface area contributed by atoms with Crippen molar-refractivity contribution in [2.45, 2.75) is 44.7 Å². The van der Waals surface area contributed by atoms with Crippen molar-refractivity contribution in [2.24, 2.45) is 11.8 Å². The molecule has 2 amide bonds. The van der Waals surface area contributed by atoms with E-state index in [2.05, 4.69) is 5.32 Å². The lowest BCUT2D eigenvalue weighted by Gasteiger charge is -2.27. The zero-order valence-electron chi connectivity index (χ0n) is 14.1. The van der Waals surface area contributed by atoms with Gasteiger partial charge in [0.05, 0.1) is 6.04 Å². The van der Waals surface area contributed by atoms with Gasteiger partial charge < -0.3 is 15.0 Å². The third-order valence-corrected chi connectivity index (χ3v) is 5.54. The predicted octanol–water partition coefficient (Wildman–Crippen LogP) is 2.56. The smallest absolute Gasteiger partial charge is 0.227 e. The first kappa shape index (κ1) is 17.9. The van der Waals surface area contributed by atoms with Crippen LogP contribution in [-0.2, 0) is 20.9 Å². The first-order chi connectivity index (χ1) is 12.1. The Morgan fingerprint density at radius 1 is 1.12 bits per heavy atom. The van der Waals surface area contributed by atoms with Gasteiger partial charge in [-0.25, -0.2) is 0 Å². The highest BCUT2D eigenvalue weighted by molar-refractivity contribution is 6.30. The van der Waals surface area contributed by atoms with Crippen LogP contribution in [0.15, 0.2) is 24.3 Å². The van der Waals surface area contributed by atoms with E-state index in [1.807, 2.05) is 12.1 Å². The summed E-state index contributed by atoms with van der Waals surface area (Å²) in [6.45, 7) is 1.05. The number of hydrogen-bond acceptors (Lipinski definition) is 3. The molecule has 2 fully saturated rings. The summed E-state index contributed by atoms with van der Waals surface area (Å²) in [5, 5.41) is 3.60. The van der Waals surface area contributed by atoms with Gasteiger partial charge >= 0.3 is 0 Å². The van der Waals surface area contributed by atoms with Crippen LogP contribution in [0, 0.1) is 11.8 Å². The Morgan fingerprint density at radius 2 is 1.84 bits per heavy atom. The molecule has 0 spiro atoms. The fourth-order valence-electron chi connectivity index (χ4n) is 3.91. The Hall–Kier alpha value is -1.88. The summed E-state index contributed by atoms with van der Waals surface area (Å²) >= 11 is 5.86. The van der Waals surface area contributed by atoms with Crippen LogP contribution in [0.4, 0.5) is 0 Å². The molecule has 2 aliphatic rings. The van der Waals surface area contributed by atoms with Crippen LogP contribution in [-0.4, -0.2) is 35.6 Å². The van der Waals surface area contributed by atoms with Crippen molar-refractivity contribution in [3.8, 4) is 0 Å². The molecule has 5 nitrogen and oxygen atoms in total. The van der Waals surface area contributed by atoms with E-state index in [0.717, 1.165) is 44.0 Å². The Balaban J connectivity index is 1.60. The van der Waals surface area contributed by atoms with Gasteiger partial charge in [-0.05, 0) is 43.4 Å². The van der Waals surface area contributed by atoms with Crippen LogP contribution >= 0.6 is 11.6 Å². The number of nitrogens with one attached hydrogen (secondary N) is 1. The van der Waals surface area contributed by atoms with Crippen molar-refractivity contribution in [2.75, 3.05) is 6.54 Å². The fourth-order valence-corrected chi connectivity index (χ4v) is 4.04. The minimum absolute atomic E-state index is 0.0289. The number of rotatable bonds is 5. The summed E-state index contributed by atoms with van der Waals surface area (Å²) in [7, 11) is 0. The van der Waals surface area contributed by atoms with Crippen molar-refractivity contribution >= 4 is 29.7 Å². The molecule has 6 heteroatoms. The number of carbonyl (C=O) groups is 3. The van der Waals surface area contributed by atoms with Crippen LogP contribution in [0.2, 0.25) is 5.02 Å². The maximum atomic E-state index is 12.8. The standard InChI is InChI=1S/C19H23ClN2O3/c20-14-8-6-13(7-9-14)11-21-18(24)16-4-1-5-17(16)19(25)22-10-2-3-15(22)12-23/h6-9,12,15-17H,1-5,10-11H2,(H,21,24)/t15-,16+,17?/m0/s1. The van der Waals surface area contributed by atoms with E-state index in [1.54, 1.807) is 17.0 Å². The summed E-state index contributed by atoms with van der Waals surface area (Å²) < 4.78 is 0. The molecule has 3 rings (SSSR count).